The second kappa shape index (κ2) is 7.62. The molecule has 2 fully saturated rings. The lowest BCUT2D eigenvalue weighted by molar-refractivity contribution is -0.0656. The zero-order valence-electron chi connectivity index (χ0n) is 17.1. The smallest absolute Gasteiger partial charge is 0.205 e. The Labute approximate surface area is 177 Å². The number of rotatable bonds is 1. The summed E-state index contributed by atoms with van der Waals surface area (Å²) in [7, 11) is 0. The summed E-state index contributed by atoms with van der Waals surface area (Å²) in [4.78, 5) is 4.27. The summed E-state index contributed by atoms with van der Waals surface area (Å²) in [6.07, 6.45) is 11.4. The van der Waals surface area contributed by atoms with E-state index in [2.05, 4.69) is 23.2 Å². The highest BCUT2D eigenvalue weighted by molar-refractivity contribution is 6.06. The molecule has 0 N–H and O–H groups in total. The maximum atomic E-state index is 9.40. The molecule has 1 aliphatic heterocycles. The van der Waals surface area contributed by atoms with Gasteiger partial charge >= 0.3 is 0 Å². The minimum atomic E-state index is -0.214. The fourth-order valence-corrected chi connectivity index (χ4v) is 6.03. The lowest BCUT2D eigenvalue weighted by Crippen LogP contribution is -2.54. The molecule has 2 aliphatic carbocycles. The molecule has 3 unspecified atom stereocenters. The average Bonchev–Trinajstić information content (AvgIpc) is 2.79. The van der Waals surface area contributed by atoms with E-state index in [-0.39, 0.29) is 5.60 Å². The van der Waals surface area contributed by atoms with Gasteiger partial charge in [0, 0.05) is 17.9 Å². The molecule has 2 saturated carbocycles. The Morgan fingerprint density at radius 3 is 2.67 bits per heavy atom. The quantitative estimate of drug-likeness (QED) is 0.555. The van der Waals surface area contributed by atoms with Gasteiger partial charge in [-0.3, -0.25) is 0 Å². The number of hydrogen-bond acceptors (Lipinski definition) is 4. The van der Waals surface area contributed by atoms with Crippen LogP contribution in [-0.4, -0.2) is 11.3 Å². The van der Waals surface area contributed by atoms with Crippen molar-refractivity contribution in [2.45, 2.75) is 57.0 Å². The van der Waals surface area contributed by atoms with E-state index in [4.69, 9.17) is 4.74 Å². The maximum absolute atomic E-state index is 9.40. The predicted octanol–water partition coefficient (Wildman–Crippen LogP) is 6.01. The predicted molar refractivity (Wildman–Crippen MR) is 116 cm³/mol. The van der Waals surface area contributed by atoms with Gasteiger partial charge in [-0.2, -0.15) is 15.5 Å². The van der Waals surface area contributed by atoms with Crippen molar-refractivity contribution in [3.63, 3.8) is 0 Å². The number of nitriles is 2. The van der Waals surface area contributed by atoms with Crippen LogP contribution in [0.3, 0.4) is 0 Å². The minimum Gasteiger partial charge on any atom is -0.486 e. The number of benzene rings is 2. The van der Waals surface area contributed by atoms with Crippen molar-refractivity contribution in [1.29, 1.82) is 10.5 Å². The molecular formula is C26H25N3O. The third-order valence-electron chi connectivity index (χ3n) is 7.34. The molecule has 30 heavy (non-hydrogen) atoms. The van der Waals surface area contributed by atoms with Crippen LogP contribution in [0, 0.1) is 34.6 Å². The maximum Gasteiger partial charge on any atom is 0.205 e. The summed E-state index contributed by atoms with van der Waals surface area (Å²) >= 11 is 0. The van der Waals surface area contributed by atoms with Gasteiger partial charge in [-0.05, 0) is 67.0 Å². The first kappa shape index (κ1) is 18.9. The summed E-state index contributed by atoms with van der Waals surface area (Å²) in [5.41, 5.74) is 4.18. The molecule has 2 aromatic rings. The van der Waals surface area contributed by atoms with Gasteiger partial charge in [-0.1, -0.05) is 37.5 Å². The van der Waals surface area contributed by atoms with E-state index in [0.717, 1.165) is 46.9 Å². The fourth-order valence-electron chi connectivity index (χ4n) is 6.03. The second-order valence-electron chi connectivity index (χ2n) is 8.95. The Balaban J connectivity index is 1.56. The van der Waals surface area contributed by atoms with Gasteiger partial charge in [0.05, 0.1) is 17.3 Å². The normalized spacial score (nSPS) is 28.7. The molecule has 1 heterocycles. The zero-order chi connectivity index (χ0) is 20.6. The molecular weight excluding hydrogens is 370 g/mol. The van der Waals surface area contributed by atoms with Crippen molar-refractivity contribution in [1.82, 2.24) is 0 Å². The summed E-state index contributed by atoms with van der Waals surface area (Å²) < 4.78 is 6.80. The van der Waals surface area contributed by atoms with Crippen molar-refractivity contribution in [3.05, 3.63) is 53.6 Å². The topological polar surface area (TPSA) is 69.2 Å². The SMILES string of the molecule is N#C/N=C1\CC2(CCCC3CCCCC32)Oc2ccc(-c3cccc(C#N)c3)cc21. The molecule has 0 aromatic heterocycles. The second-order valence-corrected chi connectivity index (χ2v) is 8.95. The van der Waals surface area contributed by atoms with E-state index in [0.29, 0.717) is 11.5 Å². The third kappa shape index (κ3) is 3.17. The first-order valence-electron chi connectivity index (χ1n) is 11.0. The fraction of sp³-hybridized carbons (Fsp3) is 0.423. The standard InChI is InChI=1S/C26H25N3O/c27-16-18-5-3-7-20(13-18)21-10-11-25-22(14-21)24(29-17-28)15-26(30-25)12-4-8-19-6-1-2-9-23(19)26/h3,5,7,10-11,13-14,19,23H,1-2,4,6,8-9,12,15H2/b29-24+. The number of hydrogen-bond donors (Lipinski definition) is 0. The van der Waals surface area contributed by atoms with Gasteiger partial charge in [-0.25, -0.2) is 0 Å². The molecule has 150 valence electrons. The minimum absolute atomic E-state index is 0.214. The van der Waals surface area contributed by atoms with Crippen LogP contribution in [-0.2, 0) is 0 Å². The van der Waals surface area contributed by atoms with E-state index in [1.165, 1.54) is 38.5 Å². The molecule has 0 saturated heterocycles. The Kier molecular flexibility index (Phi) is 4.80. The van der Waals surface area contributed by atoms with Crippen molar-refractivity contribution in [3.8, 4) is 29.1 Å². The van der Waals surface area contributed by atoms with Gasteiger partial charge in [0.15, 0.2) is 0 Å². The lowest BCUT2D eigenvalue weighted by atomic mass is 9.60. The highest BCUT2D eigenvalue weighted by atomic mass is 16.5. The van der Waals surface area contributed by atoms with E-state index < -0.39 is 0 Å². The Morgan fingerprint density at radius 1 is 0.967 bits per heavy atom. The zero-order valence-corrected chi connectivity index (χ0v) is 17.1. The van der Waals surface area contributed by atoms with Gasteiger partial charge in [0.25, 0.3) is 0 Å². The Morgan fingerprint density at radius 2 is 1.80 bits per heavy atom. The number of nitrogens with zero attached hydrogens (tertiary/aromatic N) is 3. The van der Waals surface area contributed by atoms with Gasteiger partial charge in [-0.15, -0.1) is 0 Å². The van der Waals surface area contributed by atoms with Crippen LogP contribution in [0.2, 0.25) is 0 Å². The number of ether oxygens (including phenoxy) is 1. The molecule has 0 radical (unpaired) electrons. The Bertz CT molecular complexity index is 1090. The average molecular weight is 396 g/mol. The summed E-state index contributed by atoms with van der Waals surface area (Å²) in [5.74, 6) is 2.15. The van der Waals surface area contributed by atoms with E-state index in [1.807, 2.05) is 30.5 Å². The van der Waals surface area contributed by atoms with Crippen molar-refractivity contribution >= 4 is 5.71 Å². The first-order chi connectivity index (χ1) is 14.7. The Hall–Kier alpha value is -3.11. The van der Waals surface area contributed by atoms with Crippen molar-refractivity contribution in [2.24, 2.45) is 16.8 Å². The molecule has 3 atom stereocenters. The van der Waals surface area contributed by atoms with Crippen molar-refractivity contribution in [2.75, 3.05) is 0 Å². The van der Waals surface area contributed by atoms with Crippen LogP contribution in [0.5, 0.6) is 5.75 Å². The molecule has 2 aromatic carbocycles. The molecule has 3 aliphatic rings. The van der Waals surface area contributed by atoms with Gasteiger partial charge < -0.3 is 4.74 Å². The number of aliphatic imine (C=N–C) groups is 1. The molecule has 0 amide bonds. The summed E-state index contributed by atoms with van der Waals surface area (Å²) in [6.45, 7) is 0. The van der Waals surface area contributed by atoms with Crippen LogP contribution in [0.15, 0.2) is 47.5 Å². The van der Waals surface area contributed by atoms with Crippen LogP contribution in [0.1, 0.15) is 62.5 Å². The van der Waals surface area contributed by atoms with Crippen LogP contribution >= 0.6 is 0 Å². The molecule has 4 nitrogen and oxygen atoms in total. The van der Waals surface area contributed by atoms with Gasteiger partial charge in [0.1, 0.15) is 11.4 Å². The lowest BCUT2D eigenvalue weighted by Gasteiger charge is -2.52. The number of fused-ring (bicyclic) bond motifs is 3. The summed E-state index contributed by atoms with van der Waals surface area (Å²) in [6, 6.07) is 16.0. The third-order valence-corrected chi connectivity index (χ3v) is 7.34. The van der Waals surface area contributed by atoms with E-state index >= 15 is 0 Å². The highest BCUT2D eigenvalue weighted by Gasteiger charge is 2.51. The first-order valence-corrected chi connectivity index (χ1v) is 11.0. The largest absolute Gasteiger partial charge is 0.486 e. The molecule has 5 rings (SSSR count). The van der Waals surface area contributed by atoms with Crippen molar-refractivity contribution < 1.29 is 4.74 Å². The highest BCUT2D eigenvalue weighted by Crippen LogP contribution is 2.52. The van der Waals surface area contributed by atoms with Crippen LogP contribution in [0.4, 0.5) is 0 Å². The van der Waals surface area contributed by atoms with E-state index in [9.17, 15) is 10.5 Å². The van der Waals surface area contributed by atoms with Gasteiger partial charge in [0.2, 0.25) is 6.19 Å². The molecule has 1 spiro atoms. The summed E-state index contributed by atoms with van der Waals surface area (Å²) in [5, 5.41) is 18.6. The van der Waals surface area contributed by atoms with Crippen LogP contribution in [0.25, 0.3) is 11.1 Å². The van der Waals surface area contributed by atoms with Crippen LogP contribution < -0.4 is 4.74 Å². The van der Waals surface area contributed by atoms with E-state index in [1.54, 1.807) is 6.07 Å². The molecule has 0 bridgehead atoms. The molecule has 4 heteroatoms. The monoisotopic (exact) mass is 395 g/mol.